The number of hydrogen-bond donors (Lipinski definition) is 0. The number of rotatable bonds is 0. The van der Waals surface area contributed by atoms with Crippen molar-refractivity contribution >= 4 is 11.4 Å². The van der Waals surface area contributed by atoms with Crippen molar-refractivity contribution < 1.29 is 0 Å². The van der Waals surface area contributed by atoms with E-state index in [-0.39, 0.29) is 10.8 Å². The van der Waals surface area contributed by atoms with Crippen LogP contribution in [0, 0.1) is 10.8 Å². The summed E-state index contributed by atoms with van der Waals surface area (Å²) in [5.41, 5.74) is 3.03. The quantitative estimate of drug-likeness (QED) is 0.604. The molecular weight excluding hydrogens is 220 g/mol. The van der Waals surface area contributed by atoms with E-state index in [1.54, 1.807) is 0 Å². The van der Waals surface area contributed by atoms with Crippen LogP contribution < -0.4 is 0 Å². The maximum Gasteiger partial charge on any atom is 0.0577 e. The lowest BCUT2D eigenvalue weighted by atomic mass is 9.89. The van der Waals surface area contributed by atoms with Gasteiger partial charge in [-0.05, 0) is 6.08 Å². The van der Waals surface area contributed by atoms with Crippen LogP contribution in [0.25, 0.3) is 0 Å². The molecule has 0 aromatic heterocycles. The molecule has 0 N–H and O–H groups in total. The van der Waals surface area contributed by atoms with Crippen LogP contribution in [-0.2, 0) is 0 Å². The highest BCUT2D eigenvalue weighted by Gasteiger charge is 2.18. The standard InChI is InChI=1S/2C8H13N/c2*1-8(2,3)7-5-4-6-9-7/h4,6H,5H2,1-3H3;4-5H,6H2,1-3H3. The van der Waals surface area contributed by atoms with Crippen LogP contribution >= 0.6 is 0 Å². The van der Waals surface area contributed by atoms with E-state index in [0.717, 1.165) is 13.0 Å². The minimum Gasteiger partial charge on any atom is -0.285 e. The summed E-state index contributed by atoms with van der Waals surface area (Å²) in [6.07, 6.45) is 9.24. The van der Waals surface area contributed by atoms with E-state index in [1.165, 1.54) is 11.4 Å². The summed E-state index contributed by atoms with van der Waals surface area (Å²) in [7, 11) is 0. The second-order valence-electron chi connectivity index (χ2n) is 6.79. The molecular formula is C16H26N2. The molecule has 2 nitrogen and oxygen atoms in total. The van der Waals surface area contributed by atoms with Gasteiger partial charge in [-0.1, -0.05) is 53.7 Å². The van der Waals surface area contributed by atoms with Crippen LogP contribution in [-0.4, -0.2) is 18.0 Å². The van der Waals surface area contributed by atoms with Gasteiger partial charge in [0, 0.05) is 34.9 Å². The Morgan fingerprint density at radius 1 is 0.944 bits per heavy atom. The summed E-state index contributed by atoms with van der Waals surface area (Å²) < 4.78 is 0. The summed E-state index contributed by atoms with van der Waals surface area (Å²) in [6.45, 7) is 14.0. The van der Waals surface area contributed by atoms with Crippen molar-refractivity contribution in [1.82, 2.24) is 0 Å². The molecule has 0 aromatic carbocycles. The molecule has 2 rings (SSSR count). The third-order valence-electron chi connectivity index (χ3n) is 2.92. The van der Waals surface area contributed by atoms with Crippen molar-refractivity contribution in [3.8, 4) is 0 Å². The Hall–Kier alpha value is -1.18. The van der Waals surface area contributed by atoms with E-state index >= 15 is 0 Å². The Kier molecular flexibility index (Phi) is 4.66. The highest BCUT2D eigenvalue weighted by atomic mass is 14.8. The van der Waals surface area contributed by atoms with Gasteiger partial charge >= 0.3 is 0 Å². The monoisotopic (exact) mass is 246 g/mol. The van der Waals surface area contributed by atoms with Crippen LogP contribution in [0.3, 0.4) is 0 Å². The highest BCUT2D eigenvalue weighted by Crippen LogP contribution is 2.21. The molecule has 100 valence electrons. The first-order valence-electron chi connectivity index (χ1n) is 6.65. The van der Waals surface area contributed by atoms with E-state index in [1.807, 2.05) is 6.20 Å². The van der Waals surface area contributed by atoms with Crippen LogP contribution in [0.4, 0.5) is 0 Å². The molecule has 2 heterocycles. The topological polar surface area (TPSA) is 24.7 Å². The van der Waals surface area contributed by atoms with Crippen LogP contribution in [0.1, 0.15) is 48.0 Å². The maximum absolute atomic E-state index is 4.31. The zero-order chi connectivity index (χ0) is 13.8. The molecule has 0 aromatic rings. The van der Waals surface area contributed by atoms with Crippen molar-refractivity contribution in [1.29, 1.82) is 0 Å². The maximum atomic E-state index is 4.31. The minimum absolute atomic E-state index is 0.243. The second kappa shape index (κ2) is 5.64. The van der Waals surface area contributed by atoms with Gasteiger partial charge in [0.15, 0.2) is 0 Å². The van der Waals surface area contributed by atoms with Crippen molar-refractivity contribution in [2.75, 3.05) is 6.54 Å². The van der Waals surface area contributed by atoms with Crippen molar-refractivity contribution in [2.45, 2.75) is 48.0 Å². The third-order valence-corrected chi connectivity index (χ3v) is 2.92. The average Bonchev–Trinajstić information content (AvgIpc) is 2.91. The molecule has 0 saturated carbocycles. The first kappa shape index (κ1) is 14.9. The summed E-state index contributed by atoms with van der Waals surface area (Å²) in [4.78, 5) is 8.56. The molecule has 2 aliphatic rings. The predicted octanol–water partition coefficient (Wildman–Crippen LogP) is 4.43. The first-order valence-corrected chi connectivity index (χ1v) is 6.65. The molecule has 0 spiro atoms. The van der Waals surface area contributed by atoms with E-state index in [0.29, 0.717) is 0 Å². The van der Waals surface area contributed by atoms with Gasteiger partial charge in [-0.3, -0.25) is 9.98 Å². The fraction of sp³-hybridized carbons (Fsp3) is 0.625. The van der Waals surface area contributed by atoms with E-state index < -0.39 is 0 Å². The normalized spacial score (nSPS) is 18.3. The molecule has 0 fully saturated rings. The SMILES string of the molecule is CC(C)(C)C1=NC=CC1.CC(C)(C)C1=NCC=C1. The zero-order valence-corrected chi connectivity index (χ0v) is 12.6. The van der Waals surface area contributed by atoms with Crippen LogP contribution in [0.15, 0.2) is 34.4 Å². The smallest absolute Gasteiger partial charge is 0.0577 e. The molecule has 2 aliphatic heterocycles. The fourth-order valence-corrected chi connectivity index (χ4v) is 1.71. The Balaban J connectivity index is 0.000000180. The minimum atomic E-state index is 0.243. The number of hydrogen-bond acceptors (Lipinski definition) is 2. The summed E-state index contributed by atoms with van der Waals surface area (Å²) in [6, 6.07) is 0. The summed E-state index contributed by atoms with van der Waals surface area (Å²) in [5.74, 6) is 0. The van der Waals surface area contributed by atoms with Crippen LogP contribution in [0.5, 0.6) is 0 Å². The van der Waals surface area contributed by atoms with E-state index in [4.69, 9.17) is 0 Å². The number of allylic oxidation sites excluding steroid dienone is 2. The molecule has 0 aliphatic carbocycles. The number of aliphatic imine (C=N–C) groups is 2. The summed E-state index contributed by atoms with van der Waals surface area (Å²) in [5, 5.41) is 0. The van der Waals surface area contributed by atoms with Gasteiger partial charge in [0.05, 0.1) is 6.54 Å². The summed E-state index contributed by atoms with van der Waals surface area (Å²) >= 11 is 0. The average molecular weight is 246 g/mol. The number of nitrogens with zero attached hydrogens (tertiary/aromatic N) is 2. The fourth-order valence-electron chi connectivity index (χ4n) is 1.71. The largest absolute Gasteiger partial charge is 0.285 e. The Bertz CT molecular complexity index is 396. The molecule has 0 radical (unpaired) electrons. The first-order chi connectivity index (χ1) is 8.21. The lowest BCUT2D eigenvalue weighted by Crippen LogP contribution is -2.17. The zero-order valence-electron chi connectivity index (χ0n) is 12.6. The van der Waals surface area contributed by atoms with Gasteiger partial charge in [-0.2, -0.15) is 0 Å². The lowest BCUT2D eigenvalue weighted by molar-refractivity contribution is 0.585. The molecule has 2 heteroatoms. The van der Waals surface area contributed by atoms with Crippen LogP contribution in [0.2, 0.25) is 0 Å². The van der Waals surface area contributed by atoms with Gasteiger partial charge in [-0.25, -0.2) is 0 Å². The Morgan fingerprint density at radius 3 is 1.83 bits per heavy atom. The Labute approximate surface area is 112 Å². The second-order valence-corrected chi connectivity index (χ2v) is 6.79. The van der Waals surface area contributed by atoms with Gasteiger partial charge in [-0.15, -0.1) is 0 Å². The van der Waals surface area contributed by atoms with Crippen molar-refractivity contribution in [2.24, 2.45) is 20.8 Å². The van der Waals surface area contributed by atoms with Gasteiger partial charge in [0.25, 0.3) is 0 Å². The van der Waals surface area contributed by atoms with Gasteiger partial charge < -0.3 is 0 Å². The Morgan fingerprint density at radius 2 is 1.61 bits per heavy atom. The molecule has 18 heavy (non-hydrogen) atoms. The third kappa shape index (κ3) is 4.59. The van der Waals surface area contributed by atoms with E-state index in [9.17, 15) is 0 Å². The molecule has 0 bridgehead atoms. The predicted molar refractivity (Wildman–Crippen MR) is 81.5 cm³/mol. The molecule has 0 saturated heterocycles. The highest BCUT2D eigenvalue weighted by molar-refractivity contribution is 6.00. The van der Waals surface area contributed by atoms with Crippen molar-refractivity contribution in [3.63, 3.8) is 0 Å². The van der Waals surface area contributed by atoms with E-state index in [2.05, 4.69) is 69.8 Å². The van der Waals surface area contributed by atoms with Gasteiger partial charge in [0.1, 0.15) is 0 Å². The van der Waals surface area contributed by atoms with Crippen molar-refractivity contribution in [3.05, 3.63) is 24.4 Å². The lowest BCUT2D eigenvalue weighted by Gasteiger charge is -2.17. The molecule has 0 unspecified atom stereocenters. The molecule has 0 atom stereocenters. The molecule has 0 amide bonds. The van der Waals surface area contributed by atoms with Gasteiger partial charge in [0.2, 0.25) is 0 Å².